The first-order chi connectivity index (χ1) is 17.9. The second-order valence-corrected chi connectivity index (χ2v) is 6.76. The maximum atomic E-state index is 12.0. The Kier molecular flexibility index (Phi) is 3.59. The molecule has 1 aliphatic heterocycles. The molecular weight excluding hydrogens is 437 g/mol. The molecule has 30 heavy (non-hydrogen) atoms. The third kappa shape index (κ3) is 4.05. The lowest BCUT2D eigenvalue weighted by molar-refractivity contribution is -0.386. The molecule has 3 aromatic rings. The Morgan fingerprint density at radius 1 is 1.43 bits per heavy atom. The Morgan fingerprint density at radius 2 is 2.23 bits per heavy atom. The van der Waals surface area contributed by atoms with Crippen LogP contribution in [0.3, 0.4) is 0 Å². The summed E-state index contributed by atoms with van der Waals surface area (Å²) in [6, 6.07) is -0.665. The van der Waals surface area contributed by atoms with E-state index in [1.165, 1.54) is 0 Å². The highest BCUT2D eigenvalue weighted by Crippen LogP contribution is 2.34. The van der Waals surface area contributed by atoms with Crippen molar-refractivity contribution in [3.8, 4) is 5.88 Å². The lowest BCUT2D eigenvalue weighted by atomic mass is 10.1. The normalized spacial score (nSPS) is 21.3. The molecule has 0 aliphatic carbocycles. The third-order valence-corrected chi connectivity index (χ3v) is 4.75. The van der Waals surface area contributed by atoms with Gasteiger partial charge in [0.25, 0.3) is 0 Å². The van der Waals surface area contributed by atoms with Crippen molar-refractivity contribution in [2.24, 2.45) is 0 Å². The number of rotatable bonds is 7. The molecule has 160 valence electrons. The van der Waals surface area contributed by atoms with Gasteiger partial charge in [0.1, 0.15) is 5.69 Å². The Hall–Kier alpha value is -2.50. The number of aromatic nitrogens is 6. The van der Waals surface area contributed by atoms with Crippen molar-refractivity contribution < 1.29 is 26.7 Å². The number of ether oxygens (including phenoxy) is 2. The molecule has 0 aromatic carbocycles. The van der Waals surface area contributed by atoms with Gasteiger partial charge in [-0.3, -0.25) is 14.8 Å². The van der Waals surface area contributed by atoms with Gasteiger partial charge >= 0.3 is 11.6 Å². The summed E-state index contributed by atoms with van der Waals surface area (Å²) in [4.78, 5) is 18.3. The second kappa shape index (κ2) is 8.70. The van der Waals surface area contributed by atoms with E-state index < -0.39 is 54.5 Å². The number of nitro groups is 1. The van der Waals surface area contributed by atoms with Crippen LogP contribution in [0, 0.1) is 17.0 Å². The molecule has 0 atom stereocenters. The molecule has 0 N–H and O–H groups in total. The lowest BCUT2D eigenvalue weighted by Gasteiger charge is -2.22. The summed E-state index contributed by atoms with van der Waals surface area (Å²) >= 11 is 11.8. The summed E-state index contributed by atoms with van der Waals surface area (Å²) in [5.41, 5.74) is -2.41. The first-order valence-corrected chi connectivity index (χ1v) is 9.27. The van der Waals surface area contributed by atoms with Gasteiger partial charge in [-0.1, -0.05) is 11.6 Å². The first-order valence-electron chi connectivity index (χ1n) is 13.0. The van der Waals surface area contributed by atoms with Gasteiger partial charge in [0, 0.05) is 39.1 Å². The smallest absolute Gasteiger partial charge is 0.352 e. The summed E-state index contributed by atoms with van der Waals surface area (Å²) in [6.45, 7) is -9.77. The van der Waals surface area contributed by atoms with Crippen LogP contribution in [-0.2, 0) is 11.2 Å². The van der Waals surface area contributed by atoms with E-state index in [0.717, 1.165) is 10.9 Å². The third-order valence-electron chi connectivity index (χ3n) is 4.28. The molecule has 0 saturated carbocycles. The van der Waals surface area contributed by atoms with E-state index in [-0.39, 0.29) is 47.5 Å². The number of aryl methyl sites for hydroxylation is 1. The van der Waals surface area contributed by atoms with Crippen LogP contribution in [0.15, 0.2) is 6.20 Å². The van der Waals surface area contributed by atoms with Gasteiger partial charge in [-0.05, 0) is 31.3 Å². The van der Waals surface area contributed by atoms with Crippen LogP contribution in [-0.4, -0.2) is 54.2 Å². The van der Waals surface area contributed by atoms with Crippen LogP contribution < -0.4 is 4.74 Å². The van der Waals surface area contributed by atoms with Crippen LogP contribution in [0.5, 0.6) is 5.88 Å². The molecule has 0 radical (unpaired) electrons. The van der Waals surface area contributed by atoms with Gasteiger partial charge in [0.2, 0.25) is 5.28 Å². The molecule has 4 rings (SSSR count). The van der Waals surface area contributed by atoms with Crippen LogP contribution in [0.2, 0.25) is 10.4 Å². The van der Waals surface area contributed by atoms with Gasteiger partial charge in [0.05, 0.1) is 28.4 Å². The van der Waals surface area contributed by atoms with Gasteiger partial charge in [0.15, 0.2) is 10.8 Å². The fourth-order valence-electron chi connectivity index (χ4n) is 2.91. The number of fused-ring (bicyclic) bond motifs is 1. The van der Waals surface area contributed by atoms with Crippen molar-refractivity contribution in [2.75, 3.05) is 19.8 Å². The second-order valence-electron chi connectivity index (χ2n) is 6.07. The molecule has 3 aromatic heterocycles. The maximum absolute atomic E-state index is 12.0. The average Bonchev–Trinajstić information content (AvgIpc) is 3.37. The summed E-state index contributed by atoms with van der Waals surface area (Å²) < 4.78 is 85.3. The van der Waals surface area contributed by atoms with Crippen molar-refractivity contribution in [1.82, 2.24) is 29.5 Å². The molecule has 0 amide bonds. The minimum atomic E-state index is -3.70. The highest BCUT2D eigenvalue weighted by atomic mass is 35.5. The fourth-order valence-corrected chi connectivity index (χ4v) is 3.25. The summed E-state index contributed by atoms with van der Waals surface area (Å²) in [5.74, 6) is -1.14. The van der Waals surface area contributed by atoms with Crippen molar-refractivity contribution >= 4 is 39.9 Å². The van der Waals surface area contributed by atoms with Crippen molar-refractivity contribution in [3.05, 3.63) is 32.4 Å². The predicted octanol–water partition coefficient (Wildman–Crippen LogP) is 3.37. The summed E-state index contributed by atoms with van der Waals surface area (Å²) in [6.07, 6.45) is -2.09. The average molecular weight is 465 g/mol. The molecule has 1 fully saturated rings. The Balaban J connectivity index is 1.82. The zero-order valence-electron chi connectivity index (χ0n) is 24.0. The van der Waals surface area contributed by atoms with E-state index in [9.17, 15) is 10.1 Å². The quantitative estimate of drug-likeness (QED) is 0.296. The minimum absolute atomic E-state index is 0.0182. The number of halogens is 2. The van der Waals surface area contributed by atoms with Crippen molar-refractivity contribution in [3.63, 3.8) is 0 Å². The predicted molar refractivity (Wildman–Crippen MR) is 108 cm³/mol. The van der Waals surface area contributed by atoms with Crippen LogP contribution in [0.1, 0.15) is 43.3 Å². The standard InChI is InChI=1S/C17H19Cl2N7O4/c1-10-13(26(27)28)16(23-25(10)11-3-7-29-8-4-11)30-6-2-5-24-15-12(14(18)22-24)9-20-17(19)21-15/h9,11H,2-8H2,1H3/i1D3,2D2,5D2,6D2. The largest absolute Gasteiger partial charge is 0.472 e. The SMILES string of the molecule is [2H]C([2H])([2H])c1c([N+](=O)[O-])c(OC([2H])([2H])C([2H])([2H])C([2H])([2H])n2nc(Cl)c3cnc(Cl)nc32)nn1C1CCOCC1. The van der Waals surface area contributed by atoms with Gasteiger partial charge in [-0.15, -0.1) is 5.10 Å². The highest BCUT2D eigenvalue weighted by molar-refractivity contribution is 6.34. The molecular formula is C17H19Cl2N7O4. The molecule has 13 heteroatoms. The Labute approximate surface area is 193 Å². The number of hydrogen-bond donors (Lipinski definition) is 0. The fraction of sp³-hybridized carbons (Fsp3) is 0.529. The minimum Gasteiger partial charge on any atom is -0.472 e. The van der Waals surface area contributed by atoms with E-state index in [2.05, 4.69) is 20.2 Å². The molecule has 1 saturated heterocycles. The summed E-state index contributed by atoms with van der Waals surface area (Å²) in [7, 11) is 0. The Morgan fingerprint density at radius 3 is 2.97 bits per heavy atom. The van der Waals surface area contributed by atoms with E-state index in [1.807, 2.05) is 0 Å². The highest BCUT2D eigenvalue weighted by Gasteiger charge is 2.30. The first kappa shape index (κ1) is 12.4. The van der Waals surface area contributed by atoms with Gasteiger partial charge < -0.3 is 9.47 Å². The molecule has 0 bridgehead atoms. The Bertz CT molecular complexity index is 1420. The topological polar surface area (TPSA) is 123 Å². The van der Waals surface area contributed by atoms with Gasteiger partial charge in [-0.2, -0.15) is 10.1 Å². The maximum Gasteiger partial charge on any atom is 0.352 e. The molecule has 11 nitrogen and oxygen atoms in total. The lowest BCUT2D eigenvalue weighted by Crippen LogP contribution is -2.21. The summed E-state index contributed by atoms with van der Waals surface area (Å²) in [5, 5.41) is 18.8. The van der Waals surface area contributed by atoms with E-state index in [1.54, 1.807) is 0 Å². The number of nitrogens with zero attached hydrogens (tertiary/aromatic N) is 7. The van der Waals surface area contributed by atoms with Gasteiger partial charge in [-0.25, -0.2) is 9.67 Å². The number of hydrogen-bond acceptors (Lipinski definition) is 8. The van der Waals surface area contributed by atoms with E-state index in [0.29, 0.717) is 4.68 Å². The van der Waals surface area contributed by atoms with E-state index in [4.69, 9.17) is 45.0 Å². The van der Waals surface area contributed by atoms with Crippen molar-refractivity contribution in [1.29, 1.82) is 0 Å². The molecule has 0 unspecified atom stereocenters. The van der Waals surface area contributed by atoms with E-state index >= 15 is 0 Å². The zero-order chi connectivity index (χ0) is 29.1. The monoisotopic (exact) mass is 464 g/mol. The van der Waals surface area contributed by atoms with Crippen LogP contribution in [0.25, 0.3) is 11.0 Å². The molecule has 0 spiro atoms. The van der Waals surface area contributed by atoms with Crippen LogP contribution >= 0.6 is 23.2 Å². The molecule has 1 aliphatic rings. The van der Waals surface area contributed by atoms with Crippen molar-refractivity contribution in [2.45, 2.75) is 38.6 Å². The zero-order valence-corrected chi connectivity index (χ0v) is 16.5. The molecule has 4 heterocycles. The van der Waals surface area contributed by atoms with Crippen LogP contribution in [0.4, 0.5) is 5.69 Å².